The second-order valence-corrected chi connectivity index (χ2v) is 6.31. The maximum absolute atomic E-state index is 12.4. The largest absolute Gasteiger partial charge is 0.347 e. The number of piperazine rings is 1. The molecule has 2 heterocycles. The third kappa shape index (κ3) is 3.21. The van der Waals surface area contributed by atoms with Gasteiger partial charge in [0.2, 0.25) is 5.91 Å². The highest BCUT2D eigenvalue weighted by atomic mass is 32.1. The number of benzene rings is 1. The number of hydrogen-bond acceptors (Lipinski definition) is 6. The molecule has 0 spiro atoms. The van der Waals surface area contributed by atoms with Crippen LogP contribution in [0.3, 0.4) is 0 Å². The Labute approximate surface area is 142 Å². The molecule has 24 heavy (non-hydrogen) atoms. The van der Waals surface area contributed by atoms with Crippen LogP contribution in [0.1, 0.15) is 11.1 Å². The summed E-state index contributed by atoms with van der Waals surface area (Å²) in [5.41, 5.74) is 1.59. The second-order valence-electron chi connectivity index (χ2n) is 5.41. The second kappa shape index (κ2) is 6.68. The number of carbonyl (C=O) groups excluding carboxylic acids is 1. The molecule has 2 aromatic rings. The minimum absolute atomic E-state index is 0.0494. The Bertz CT molecular complexity index is 809. The first-order chi connectivity index (χ1) is 11.6. The molecule has 0 N–H and O–H groups in total. The van der Waals surface area contributed by atoms with Crippen LogP contribution in [-0.4, -0.2) is 35.4 Å². The standard InChI is InChI=1S/C16H14N4O3S/c17-9-12-1-3-13(4-2-12)10-18-6-7-19(11-15(18)21)16-14(20(22)23)5-8-24-16/h1-5,8H,6-7,10-11H2. The zero-order valence-electron chi connectivity index (χ0n) is 12.7. The number of nitrogens with zero attached hydrogens (tertiary/aromatic N) is 4. The van der Waals surface area contributed by atoms with Crippen LogP contribution in [0.2, 0.25) is 0 Å². The van der Waals surface area contributed by atoms with Crippen molar-refractivity contribution in [3.05, 3.63) is 57.0 Å². The summed E-state index contributed by atoms with van der Waals surface area (Å²) in [4.78, 5) is 26.5. The van der Waals surface area contributed by atoms with Crippen LogP contribution in [0.15, 0.2) is 35.7 Å². The lowest BCUT2D eigenvalue weighted by Gasteiger charge is -2.34. The van der Waals surface area contributed by atoms with E-state index in [4.69, 9.17) is 5.26 Å². The number of anilines is 1. The van der Waals surface area contributed by atoms with Gasteiger partial charge < -0.3 is 9.80 Å². The van der Waals surface area contributed by atoms with Crippen LogP contribution in [0, 0.1) is 21.4 Å². The van der Waals surface area contributed by atoms with Crippen LogP contribution in [-0.2, 0) is 11.3 Å². The van der Waals surface area contributed by atoms with Crippen LogP contribution in [0.4, 0.5) is 10.7 Å². The van der Waals surface area contributed by atoms with Crippen LogP contribution >= 0.6 is 11.3 Å². The topological polar surface area (TPSA) is 90.5 Å². The fraction of sp³-hybridized carbons (Fsp3) is 0.250. The fourth-order valence-corrected chi connectivity index (χ4v) is 3.52. The summed E-state index contributed by atoms with van der Waals surface area (Å²) in [6.45, 7) is 1.68. The summed E-state index contributed by atoms with van der Waals surface area (Å²) in [6, 6.07) is 10.7. The van der Waals surface area contributed by atoms with Gasteiger partial charge in [0.15, 0.2) is 5.00 Å². The normalized spacial score (nSPS) is 14.5. The van der Waals surface area contributed by atoms with E-state index < -0.39 is 4.92 Å². The Kier molecular flexibility index (Phi) is 4.44. The predicted molar refractivity (Wildman–Crippen MR) is 89.8 cm³/mol. The number of hydrogen-bond donors (Lipinski definition) is 0. The quantitative estimate of drug-likeness (QED) is 0.628. The summed E-state index contributed by atoms with van der Waals surface area (Å²) in [5.74, 6) is -0.0618. The van der Waals surface area contributed by atoms with E-state index in [2.05, 4.69) is 6.07 Å². The molecule has 8 heteroatoms. The summed E-state index contributed by atoms with van der Waals surface area (Å²) in [7, 11) is 0. The van der Waals surface area contributed by atoms with Crippen molar-refractivity contribution >= 4 is 27.9 Å². The van der Waals surface area contributed by atoms with E-state index in [0.717, 1.165) is 5.56 Å². The average molecular weight is 342 g/mol. The Morgan fingerprint density at radius 1 is 1.25 bits per heavy atom. The summed E-state index contributed by atoms with van der Waals surface area (Å²) in [5, 5.41) is 22.0. The minimum Gasteiger partial charge on any atom is -0.347 e. The molecule has 1 saturated heterocycles. The third-order valence-corrected chi connectivity index (χ3v) is 4.85. The van der Waals surface area contributed by atoms with Gasteiger partial charge in [0.25, 0.3) is 0 Å². The Balaban J connectivity index is 1.67. The van der Waals surface area contributed by atoms with Crippen molar-refractivity contribution in [1.82, 2.24) is 4.90 Å². The highest BCUT2D eigenvalue weighted by Crippen LogP contribution is 2.34. The van der Waals surface area contributed by atoms with Crippen molar-refractivity contribution in [2.75, 3.05) is 24.5 Å². The first kappa shape index (κ1) is 16.0. The molecule has 0 unspecified atom stereocenters. The van der Waals surface area contributed by atoms with Gasteiger partial charge in [-0.2, -0.15) is 5.26 Å². The Morgan fingerprint density at radius 3 is 2.62 bits per heavy atom. The predicted octanol–water partition coefficient (Wildman–Crippen LogP) is 2.38. The van der Waals surface area contributed by atoms with Gasteiger partial charge >= 0.3 is 5.69 Å². The zero-order chi connectivity index (χ0) is 17.1. The van der Waals surface area contributed by atoms with E-state index in [1.807, 2.05) is 12.1 Å². The molecule has 1 amide bonds. The number of thiophene rings is 1. The van der Waals surface area contributed by atoms with Crippen LogP contribution in [0.25, 0.3) is 0 Å². The van der Waals surface area contributed by atoms with Crippen LogP contribution < -0.4 is 4.90 Å². The van der Waals surface area contributed by atoms with Gasteiger partial charge in [-0.1, -0.05) is 12.1 Å². The van der Waals surface area contributed by atoms with Gasteiger partial charge in [0.1, 0.15) is 0 Å². The summed E-state index contributed by atoms with van der Waals surface area (Å²) >= 11 is 1.28. The molecular weight excluding hydrogens is 328 g/mol. The smallest absolute Gasteiger partial charge is 0.303 e. The van der Waals surface area contributed by atoms with E-state index >= 15 is 0 Å². The molecule has 3 rings (SSSR count). The molecule has 7 nitrogen and oxygen atoms in total. The number of carbonyl (C=O) groups is 1. The van der Waals surface area contributed by atoms with Crippen molar-refractivity contribution in [3.8, 4) is 6.07 Å². The van der Waals surface area contributed by atoms with Gasteiger partial charge in [0, 0.05) is 25.7 Å². The fourth-order valence-electron chi connectivity index (χ4n) is 2.62. The highest BCUT2D eigenvalue weighted by Gasteiger charge is 2.29. The van der Waals surface area contributed by atoms with E-state index in [1.54, 1.807) is 27.3 Å². The van der Waals surface area contributed by atoms with Crippen molar-refractivity contribution in [3.63, 3.8) is 0 Å². The Morgan fingerprint density at radius 2 is 2.00 bits per heavy atom. The molecule has 0 aliphatic carbocycles. The van der Waals surface area contributed by atoms with Crippen molar-refractivity contribution in [2.45, 2.75) is 6.54 Å². The molecule has 1 aromatic carbocycles. The molecule has 0 radical (unpaired) electrons. The molecule has 0 atom stereocenters. The molecule has 122 valence electrons. The van der Waals surface area contributed by atoms with Gasteiger partial charge in [-0.05, 0) is 23.1 Å². The lowest BCUT2D eigenvalue weighted by molar-refractivity contribution is -0.383. The van der Waals surface area contributed by atoms with Gasteiger partial charge in [-0.25, -0.2) is 0 Å². The van der Waals surface area contributed by atoms with E-state index in [9.17, 15) is 14.9 Å². The highest BCUT2D eigenvalue weighted by molar-refractivity contribution is 7.14. The van der Waals surface area contributed by atoms with Crippen molar-refractivity contribution in [2.24, 2.45) is 0 Å². The molecule has 0 saturated carbocycles. The maximum atomic E-state index is 12.4. The molecule has 1 aromatic heterocycles. The SMILES string of the molecule is N#Cc1ccc(CN2CCN(c3sccc3[N+](=O)[O-])CC2=O)cc1. The number of rotatable bonds is 4. The number of nitriles is 1. The first-order valence-electron chi connectivity index (χ1n) is 7.32. The third-order valence-electron chi connectivity index (χ3n) is 3.88. The summed E-state index contributed by atoms with van der Waals surface area (Å²) < 4.78 is 0. The number of nitro groups is 1. The van der Waals surface area contributed by atoms with E-state index in [0.29, 0.717) is 30.2 Å². The van der Waals surface area contributed by atoms with Crippen molar-refractivity contribution in [1.29, 1.82) is 5.26 Å². The van der Waals surface area contributed by atoms with Gasteiger partial charge in [0.05, 0.1) is 23.1 Å². The molecule has 1 fully saturated rings. The number of amides is 1. The average Bonchev–Trinajstić information content (AvgIpc) is 3.07. The molecule has 1 aliphatic heterocycles. The van der Waals surface area contributed by atoms with Gasteiger partial charge in [-0.3, -0.25) is 14.9 Å². The molecular formula is C16H14N4O3S. The van der Waals surface area contributed by atoms with Crippen LogP contribution in [0.5, 0.6) is 0 Å². The minimum atomic E-state index is -0.417. The molecule has 0 bridgehead atoms. The zero-order valence-corrected chi connectivity index (χ0v) is 13.5. The van der Waals surface area contributed by atoms with E-state index in [1.165, 1.54) is 17.4 Å². The van der Waals surface area contributed by atoms with E-state index in [-0.39, 0.29) is 18.1 Å². The van der Waals surface area contributed by atoms with Gasteiger partial charge in [-0.15, -0.1) is 11.3 Å². The lowest BCUT2D eigenvalue weighted by Crippen LogP contribution is -2.49. The Hall–Kier alpha value is -2.92. The maximum Gasteiger partial charge on any atom is 0.303 e. The lowest BCUT2D eigenvalue weighted by atomic mass is 10.1. The first-order valence-corrected chi connectivity index (χ1v) is 8.20. The summed E-state index contributed by atoms with van der Waals surface area (Å²) in [6.07, 6.45) is 0. The molecule has 1 aliphatic rings. The van der Waals surface area contributed by atoms with Crippen molar-refractivity contribution < 1.29 is 9.72 Å². The monoisotopic (exact) mass is 342 g/mol.